The summed E-state index contributed by atoms with van der Waals surface area (Å²) in [4.78, 5) is 0. The maximum Gasteiger partial charge on any atom is 0.194 e. The average Bonchev–Trinajstić information content (AvgIpc) is 2.78. The third kappa shape index (κ3) is 8.05. The third-order valence-electron chi connectivity index (χ3n) is 6.26. The molecule has 0 spiro atoms. The molecule has 4 heteroatoms. The van der Waals surface area contributed by atoms with Gasteiger partial charge in [0, 0.05) is 0 Å². The Morgan fingerprint density at radius 1 is 0.774 bits per heavy atom. The molecule has 1 fully saturated rings. The second-order valence-corrected chi connectivity index (χ2v) is 8.87. The molecule has 1 aliphatic carbocycles. The van der Waals surface area contributed by atoms with Crippen LogP contribution in [0.5, 0.6) is 0 Å². The Bertz CT molecular complexity index is 742. The van der Waals surface area contributed by atoms with Crippen LogP contribution in [0.2, 0.25) is 13.6 Å². The smallest absolute Gasteiger partial charge is 0.194 e. The molecule has 1 aliphatic rings. The number of benzene rings is 2. The summed E-state index contributed by atoms with van der Waals surface area (Å²) in [5.41, 5.74) is 2.38. The van der Waals surface area contributed by atoms with Gasteiger partial charge in [-0.2, -0.15) is 0 Å². The van der Waals surface area contributed by atoms with Crippen molar-refractivity contribution in [3.8, 4) is 11.1 Å². The summed E-state index contributed by atoms with van der Waals surface area (Å²) < 4.78 is 40.1. The normalized spacial score (nSPS) is 18.3. The highest BCUT2D eigenvalue weighted by molar-refractivity contribution is 6.31. The maximum absolute atomic E-state index is 13.5. The van der Waals surface area contributed by atoms with Gasteiger partial charge in [-0.1, -0.05) is 83.4 Å². The maximum atomic E-state index is 13.5. The fourth-order valence-corrected chi connectivity index (χ4v) is 4.49. The van der Waals surface area contributed by atoms with E-state index in [1.807, 2.05) is 33.1 Å². The first-order valence-electron chi connectivity index (χ1n) is 12.0. The Balaban J connectivity index is 0.00000107. The highest BCUT2D eigenvalue weighted by atomic mass is 19.2. The second-order valence-electron chi connectivity index (χ2n) is 8.87. The molecule has 3 rings (SSSR count). The SMILES string of the molecule is CCCCCCCC1CCC(c2ccc(-c3cc(F)c(F)c(F)c3)cc2)CC1.C[B]C. The van der Waals surface area contributed by atoms with Gasteiger partial charge in [0.05, 0.1) is 0 Å². The summed E-state index contributed by atoms with van der Waals surface area (Å²) in [5.74, 6) is -2.25. The van der Waals surface area contributed by atoms with E-state index in [-0.39, 0.29) is 0 Å². The first-order valence-corrected chi connectivity index (χ1v) is 12.0. The minimum Gasteiger partial charge on any atom is -0.204 e. The molecule has 0 unspecified atom stereocenters. The molecule has 0 N–H and O–H groups in total. The topological polar surface area (TPSA) is 0 Å². The van der Waals surface area contributed by atoms with Gasteiger partial charge in [-0.3, -0.25) is 0 Å². The molecule has 1 saturated carbocycles. The van der Waals surface area contributed by atoms with Crippen molar-refractivity contribution in [3.05, 3.63) is 59.4 Å². The van der Waals surface area contributed by atoms with E-state index in [0.29, 0.717) is 17.0 Å². The second kappa shape index (κ2) is 13.7. The van der Waals surface area contributed by atoms with E-state index < -0.39 is 17.5 Å². The van der Waals surface area contributed by atoms with Crippen molar-refractivity contribution in [2.45, 2.75) is 90.7 Å². The van der Waals surface area contributed by atoms with E-state index in [1.165, 1.54) is 69.8 Å². The van der Waals surface area contributed by atoms with Crippen LogP contribution < -0.4 is 0 Å². The highest BCUT2D eigenvalue weighted by Gasteiger charge is 2.22. The lowest BCUT2D eigenvalue weighted by Crippen LogP contribution is -2.13. The van der Waals surface area contributed by atoms with E-state index in [9.17, 15) is 13.2 Å². The van der Waals surface area contributed by atoms with Crippen molar-refractivity contribution in [1.29, 1.82) is 0 Å². The highest BCUT2D eigenvalue weighted by Crippen LogP contribution is 2.38. The lowest BCUT2D eigenvalue weighted by molar-refractivity contribution is 0.302. The van der Waals surface area contributed by atoms with Crippen molar-refractivity contribution in [2.24, 2.45) is 5.92 Å². The van der Waals surface area contributed by atoms with Crippen LogP contribution in [-0.2, 0) is 0 Å². The van der Waals surface area contributed by atoms with Gasteiger partial charge in [0.1, 0.15) is 7.28 Å². The molecule has 0 atom stereocenters. The van der Waals surface area contributed by atoms with Crippen molar-refractivity contribution in [1.82, 2.24) is 0 Å². The van der Waals surface area contributed by atoms with Crippen molar-refractivity contribution < 1.29 is 13.2 Å². The van der Waals surface area contributed by atoms with E-state index in [2.05, 4.69) is 19.1 Å². The number of rotatable bonds is 8. The van der Waals surface area contributed by atoms with Crippen LogP contribution in [0.25, 0.3) is 11.1 Å². The van der Waals surface area contributed by atoms with Gasteiger partial charge >= 0.3 is 0 Å². The first-order chi connectivity index (χ1) is 15.0. The van der Waals surface area contributed by atoms with E-state index in [4.69, 9.17) is 0 Å². The van der Waals surface area contributed by atoms with Crippen LogP contribution in [0.1, 0.15) is 82.6 Å². The number of halogens is 3. The molecular weight excluding hydrogens is 392 g/mol. The monoisotopic (exact) mass is 429 g/mol. The van der Waals surface area contributed by atoms with Crippen LogP contribution in [0, 0.1) is 23.4 Å². The summed E-state index contributed by atoms with van der Waals surface area (Å²) in [7, 11) is 2.00. The average molecular weight is 429 g/mol. The lowest BCUT2D eigenvalue weighted by atomic mass is 9.77. The van der Waals surface area contributed by atoms with Gasteiger partial charge in [-0.15, -0.1) is 0 Å². The summed E-state index contributed by atoms with van der Waals surface area (Å²) in [6, 6.07) is 10.0. The summed E-state index contributed by atoms with van der Waals surface area (Å²) in [6.07, 6.45) is 13.2. The molecule has 1 radical (unpaired) electrons. The largest absolute Gasteiger partial charge is 0.204 e. The number of unbranched alkanes of at least 4 members (excludes halogenated alkanes) is 4. The Morgan fingerprint density at radius 3 is 1.87 bits per heavy atom. The Hall–Kier alpha value is -1.71. The summed E-state index contributed by atoms with van der Waals surface area (Å²) >= 11 is 0. The number of hydrogen-bond donors (Lipinski definition) is 0. The minimum absolute atomic E-state index is 0.370. The van der Waals surface area contributed by atoms with Crippen LogP contribution in [0.3, 0.4) is 0 Å². The number of hydrogen-bond acceptors (Lipinski definition) is 0. The fourth-order valence-electron chi connectivity index (χ4n) is 4.49. The van der Waals surface area contributed by atoms with Crippen molar-refractivity contribution in [2.75, 3.05) is 0 Å². The zero-order valence-electron chi connectivity index (χ0n) is 19.4. The Morgan fingerprint density at radius 2 is 1.32 bits per heavy atom. The molecule has 0 heterocycles. The Kier molecular flexibility index (Phi) is 11.3. The van der Waals surface area contributed by atoms with E-state index >= 15 is 0 Å². The predicted molar refractivity (Wildman–Crippen MR) is 127 cm³/mol. The molecule has 0 aromatic heterocycles. The van der Waals surface area contributed by atoms with Crippen molar-refractivity contribution >= 4 is 7.28 Å². The first kappa shape index (κ1) is 25.6. The molecule has 169 valence electrons. The van der Waals surface area contributed by atoms with E-state index in [0.717, 1.165) is 18.1 Å². The third-order valence-corrected chi connectivity index (χ3v) is 6.26. The Labute approximate surface area is 187 Å². The zero-order valence-corrected chi connectivity index (χ0v) is 19.4. The van der Waals surface area contributed by atoms with Gasteiger partial charge in [0.15, 0.2) is 17.5 Å². The zero-order chi connectivity index (χ0) is 22.6. The predicted octanol–water partition coefficient (Wildman–Crippen LogP) is 9.19. The molecule has 0 bridgehead atoms. The fraction of sp³-hybridized carbons (Fsp3) is 0.556. The van der Waals surface area contributed by atoms with E-state index in [1.54, 1.807) is 0 Å². The molecule has 31 heavy (non-hydrogen) atoms. The van der Waals surface area contributed by atoms with Gasteiger partial charge in [-0.25, -0.2) is 13.2 Å². The lowest BCUT2D eigenvalue weighted by Gasteiger charge is -2.29. The van der Waals surface area contributed by atoms with Crippen LogP contribution >= 0.6 is 0 Å². The standard InChI is InChI=1S/C25H31F3.C2H6B/c1-2-3-4-5-6-7-18-8-10-19(11-9-18)20-12-14-21(15-13-20)22-16-23(26)25(28)24(27)17-22;1-3-2/h12-19H,2-11H2,1H3;1-2H3. The van der Waals surface area contributed by atoms with Crippen LogP contribution in [0.4, 0.5) is 13.2 Å². The van der Waals surface area contributed by atoms with Crippen molar-refractivity contribution in [3.63, 3.8) is 0 Å². The molecule has 0 saturated heterocycles. The van der Waals surface area contributed by atoms with Gasteiger partial charge < -0.3 is 0 Å². The summed E-state index contributed by atoms with van der Waals surface area (Å²) in [5, 5.41) is 0. The molecule has 0 amide bonds. The molecule has 0 nitrogen and oxygen atoms in total. The molecular formula is C27H37BF3. The summed E-state index contributed by atoms with van der Waals surface area (Å²) in [6.45, 7) is 6.25. The molecule has 2 aromatic carbocycles. The molecule has 0 aliphatic heterocycles. The van der Waals surface area contributed by atoms with Gasteiger partial charge in [-0.05, 0) is 66.3 Å². The molecule has 2 aromatic rings. The quantitative estimate of drug-likeness (QED) is 0.223. The van der Waals surface area contributed by atoms with Crippen LogP contribution in [-0.4, -0.2) is 7.28 Å². The minimum atomic E-state index is -1.41. The van der Waals surface area contributed by atoms with Gasteiger partial charge in [0.2, 0.25) is 0 Å². The van der Waals surface area contributed by atoms with Gasteiger partial charge in [0.25, 0.3) is 0 Å². The van der Waals surface area contributed by atoms with Crippen LogP contribution in [0.15, 0.2) is 36.4 Å².